The highest BCUT2D eigenvalue weighted by Crippen LogP contribution is 2.14. The maximum atomic E-state index is 4.29. The number of allylic oxidation sites excluding steroid dienone is 1. The Labute approximate surface area is 190 Å². The summed E-state index contributed by atoms with van der Waals surface area (Å²) in [5.41, 5.74) is 4.44. The topological polar surface area (TPSA) is 74.6 Å². The average molecular weight is 427 g/mol. The van der Waals surface area contributed by atoms with Gasteiger partial charge in [0.25, 0.3) is 0 Å². The first kappa shape index (κ1) is 23.2. The second-order valence-electron chi connectivity index (χ2n) is 7.47. The molecule has 2 N–H and O–H groups in total. The number of amidine groups is 1. The first-order chi connectivity index (χ1) is 15.7. The molecular weight excluding hydrogens is 396 g/mol. The van der Waals surface area contributed by atoms with Gasteiger partial charge in [0, 0.05) is 55.4 Å². The number of nitrogens with zero attached hydrogens (tertiary/aromatic N) is 4. The third-order valence-electron chi connectivity index (χ3n) is 4.92. The normalized spacial score (nSPS) is 12.8. The molecule has 1 aromatic heterocycles. The molecule has 0 bridgehead atoms. The largest absolute Gasteiger partial charge is 0.311 e. The monoisotopic (exact) mass is 426 g/mol. The number of rotatable bonds is 10. The Bertz CT molecular complexity index is 1020. The quantitative estimate of drug-likeness (QED) is 0.372. The summed E-state index contributed by atoms with van der Waals surface area (Å²) in [6, 6.07) is 18.8. The minimum atomic E-state index is 0.341. The second kappa shape index (κ2) is 12.4. The zero-order chi connectivity index (χ0) is 22.6. The molecule has 164 valence electrons. The van der Waals surface area contributed by atoms with Crippen molar-refractivity contribution < 1.29 is 0 Å². The van der Waals surface area contributed by atoms with Crippen molar-refractivity contribution in [2.24, 2.45) is 9.98 Å². The van der Waals surface area contributed by atoms with Crippen molar-refractivity contribution >= 4 is 12.6 Å². The minimum absolute atomic E-state index is 0.341. The molecule has 0 saturated carbocycles. The Kier molecular flexibility index (Phi) is 8.98. The van der Waals surface area contributed by atoms with Crippen LogP contribution in [0.25, 0.3) is 11.4 Å². The summed E-state index contributed by atoms with van der Waals surface area (Å²) in [6.07, 6.45) is 7.11. The number of aliphatic imine (C=N–C) groups is 2. The van der Waals surface area contributed by atoms with Gasteiger partial charge in [-0.3, -0.25) is 0 Å². The summed E-state index contributed by atoms with van der Waals surface area (Å²) in [5.74, 6) is 1.38. The number of hydrogen-bond acceptors (Lipinski definition) is 5. The van der Waals surface area contributed by atoms with Crippen molar-refractivity contribution in [2.75, 3.05) is 6.54 Å². The van der Waals surface area contributed by atoms with Crippen LogP contribution in [0.4, 0.5) is 0 Å². The number of hydrogen-bond donors (Lipinski definition) is 2. The fourth-order valence-corrected chi connectivity index (χ4v) is 3.14. The van der Waals surface area contributed by atoms with Gasteiger partial charge in [-0.05, 0) is 37.8 Å². The smallest absolute Gasteiger partial charge is 0.159 e. The lowest BCUT2D eigenvalue weighted by molar-refractivity contribution is 0.501. The maximum Gasteiger partial charge on any atom is 0.159 e. The van der Waals surface area contributed by atoms with E-state index in [-0.39, 0.29) is 0 Å². The molecule has 6 nitrogen and oxygen atoms in total. The molecular formula is C26H30N6. The van der Waals surface area contributed by atoms with Gasteiger partial charge in [0.15, 0.2) is 11.7 Å². The molecule has 3 rings (SSSR count). The fourth-order valence-electron chi connectivity index (χ4n) is 3.14. The van der Waals surface area contributed by atoms with Gasteiger partial charge in [-0.1, -0.05) is 54.6 Å². The molecule has 0 aliphatic heterocycles. The maximum absolute atomic E-state index is 4.29. The van der Waals surface area contributed by atoms with Crippen molar-refractivity contribution in [3.8, 4) is 11.4 Å². The summed E-state index contributed by atoms with van der Waals surface area (Å²) in [5, 5.41) is 7.07. The van der Waals surface area contributed by atoms with Gasteiger partial charge < -0.3 is 10.6 Å². The van der Waals surface area contributed by atoms with Crippen LogP contribution in [0.2, 0.25) is 0 Å². The molecule has 1 heterocycles. The van der Waals surface area contributed by atoms with Gasteiger partial charge >= 0.3 is 0 Å². The first-order valence-corrected chi connectivity index (χ1v) is 10.7. The van der Waals surface area contributed by atoms with E-state index in [1.54, 1.807) is 18.6 Å². The molecule has 0 unspecified atom stereocenters. The molecule has 0 radical (unpaired) electrons. The Morgan fingerprint density at radius 3 is 2.31 bits per heavy atom. The predicted octanol–water partition coefficient (Wildman–Crippen LogP) is 4.39. The van der Waals surface area contributed by atoms with Gasteiger partial charge in [0.05, 0.1) is 0 Å². The van der Waals surface area contributed by atoms with Gasteiger partial charge in [0.2, 0.25) is 0 Å². The lowest BCUT2D eigenvalue weighted by Crippen LogP contribution is -2.35. The highest BCUT2D eigenvalue weighted by molar-refractivity contribution is 6.01. The number of nitrogens with one attached hydrogen (secondary N) is 2. The molecule has 2 aromatic carbocycles. The number of benzene rings is 2. The standard InChI is InChI=1S/C26H30N6/c1-4-14-29-25(27-3)23-10-8-22(9-11-23)19-32-20(2)17-28-18-21-6-12-24(13-7-21)26-30-15-5-16-31-26/h4-16,20,28,32H,3,17-19H2,1-2H3/b14-4-,29-25-/t20-/m1/s1. The van der Waals surface area contributed by atoms with E-state index in [0.717, 1.165) is 36.6 Å². The van der Waals surface area contributed by atoms with Crippen molar-refractivity contribution in [3.05, 3.63) is 96.0 Å². The van der Waals surface area contributed by atoms with E-state index in [9.17, 15) is 0 Å². The van der Waals surface area contributed by atoms with E-state index >= 15 is 0 Å². The molecule has 32 heavy (non-hydrogen) atoms. The molecule has 0 saturated heterocycles. The second-order valence-corrected chi connectivity index (χ2v) is 7.47. The van der Waals surface area contributed by atoms with E-state index in [4.69, 9.17) is 0 Å². The zero-order valence-corrected chi connectivity index (χ0v) is 18.7. The van der Waals surface area contributed by atoms with Gasteiger partial charge in [0.1, 0.15) is 0 Å². The Morgan fingerprint density at radius 1 is 1.00 bits per heavy atom. The van der Waals surface area contributed by atoms with Crippen molar-refractivity contribution in [1.29, 1.82) is 0 Å². The van der Waals surface area contributed by atoms with E-state index in [0.29, 0.717) is 11.9 Å². The van der Waals surface area contributed by atoms with E-state index < -0.39 is 0 Å². The van der Waals surface area contributed by atoms with Crippen molar-refractivity contribution in [2.45, 2.75) is 33.0 Å². The lowest BCUT2D eigenvalue weighted by Gasteiger charge is -2.15. The fraction of sp³-hybridized carbons (Fsp3) is 0.231. The third kappa shape index (κ3) is 7.04. The van der Waals surface area contributed by atoms with Crippen LogP contribution in [-0.4, -0.2) is 35.1 Å². The van der Waals surface area contributed by atoms with Crippen LogP contribution in [-0.2, 0) is 13.1 Å². The molecule has 0 aliphatic carbocycles. The lowest BCUT2D eigenvalue weighted by atomic mass is 10.1. The highest BCUT2D eigenvalue weighted by atomic mass is 15.0. The SMILES string of the molecule is C=N/C(=N\C=C/C)c1ccc(CN[C@H](C)CNCc2ccc(-c3ncccn3)cc2)cc1. The molecule has 0 fully saturated rings. The molecule has 1 atom stereocenters. The summed E-state index contributed by atoms with van der Waals surface area (Å²) in [6.45, 7) is 10.2. The third-order valence-corrected chi connectivity index (χ3v) is 4.92. The summed E-state index contributed by atoms with van der Waals surface area (Å²) >= 11 is 0. The van der Waals surface area contributed by atoms with Crippen LogP contribution >= 0.6 is 0 Å². The summed E-state index contributed by atoms with van der Waals surface area (Å²) in [7, 11) is 0. The van der Waals surface area contributed by atoms with Gasteiger partial charge in [-0.15, -0.1) is 0 Å². The number of aromatic nitrogens is 2. The van der Waals surface area contributed by atoms with Gasteiger partial charge in [-0.2, -0.15) is 0 Å². The molecule has 0 spiro atoms. The molecule has 3 aromatic rings. The van der Waals surface area contributed by atoms with Crippen LogP contribution in [0.1, 0.15) is 30.5 Å². The highest BCUT2D eigenvalue weighted by Gasteiger charge is 2.04. The van der Waals surface area contributed by atoms with Crippen LogP contribution in [0.5, 0.6) is 0 Å². The summed E-state index contributed by atoms with van der Waals surface area (Å²) < 4.78 is 0. The van der Waals surface area contributed by atoms with Crippen LogP contribution in [0, 0.1) is 0 Å². The van der Waals surface area contributed by atoms with Crippen molar-refractivity contribution in [3.63, 3.8) is 0 Å². The Hall–Kier alpha value is -3.48. The summed E-state index contributed by atoms with van der Waals surface area (Å²) in [4.78, 5) is 16.9. The van der Waals surface area contributed by atoms with E-state index in [1.807, 2.05) is 31.2 Å². The van der Waals surface area contributed by atoms with Crippen LogP contribution in [0.3, 0.4) is 0 Å². The molecule has 6 heteroatoms. The zero-order valence-electron chi connectivity index (χ0n) is 18.7. The molecule has 0 amide bonds. The Morgan fingerprint density at radius 2 is 1.66 bits per heavy atom. The van der Waals surface area contributed by atoms with Crippen molar-refractivity contribution in [1.82, 2.24) is 20.6 Å². The first-order valence-electron chi connectivity index (χ1n) is 10.7. The van der Waals surface area contributed by atoms with Crippen LogP contribution in [0.15, 0.2) is 89.3 Å². The Balaban J connectivity index is 1.41. The predicted molar refractivity (Wildman–Crippen MR) is 133 cm³/mol. The van der Waals surface area contributed by atoms with Crippen LogP contribution < -0.4 is 10.6 Å². The van der Waals surface area contributed by atoms with E-state index in [2.05, 4.69) is 80.6 Å². The minimum Gasteiger partial charge on any atom is -0.311 e. The average Bonchev–Trinajstić information content (AvgIpc) is 2.85. The van der Waals surface area contributed by atoms with E-state index in [1.165, 1.54) is 11.1 Å². The molecule has 0 aliphatic rings. The van der Waals surface area contributed by atoms with Gasteiger partial charge in [-0.25, -0.2) is 20.0 Å².